The van der Waals surface area contributed by atoms with E-state index in [-0.39, 0.29) is 24.2 Å². The number of aromatic nitrogens is 1. The number of nitrogens with one attached hydrogen (secondary N) is 2. The van der Waals surface area contributed by atoms with Gasteiger partial charge in [-0.3, -0.25) is 4.79 Å². The second kappa shape index (κ2) is 7.55. The summed E-state index contributed by atoms with van der Waals surface area (Å²) in [5.74, 6) is 0.126. The van der Waals surface area contributed by atoms with E-state index in [0.717, 1.165) is 40.1 Å². The Morgan fingerprint density at radius 3 is 2.77 bits per heavy atom. The lowest BCUT2D eigenvalue weighted by Crippen LogP contribution is -2.24. The third-order valence-corrected chi connectivity index (χ3v) is 4.99. The minimum absolute atomic E-state index is 0. The lowest BCUT2D eigenvalue weighted by molar-refractivity contribution is -0.119. The monoisotopic (exact) mass is 401 g/mol. The molecule has 1 atom stereocenters. The van der Waals surface area contributed by atoms with Crippen molar-refractivity contribution in [2.75, 3.05) is 18.4 Å². The van der Waals surface area contributed by atoms with E-state index in [1.54, 1.807) is 0 Å². The highest BCUT2D eigenvalue weighted by Gasteiger charge is 2.23. The van der Waals surface area contributed by atoms with Crippen LogP contribution in [0.1, 0.15) is 11.3 Å². The van der Waals surface area contributed by atoms with Gasteiger partial charge in [-0.25, -0.2) is 4.98 Å². The molecule has 2 N–H and O–H groups in total. The van der Waals surface area contributed by atoms with Crippen molar-refractivity contribution in [2.24, 2.45) is 5.92 Å². The van der Waals surface area contributed by atoms with Gasteiger partial charge in [0, 0.05) is 21.5 Å². The summed E-state index contributed by atoms with van der Waals surface area (Å²) < 4.78 is 1.04. The summed E-state index contributed by atoms with van der Waals surface area (Å²) in [5.41, 5.74) is 2.00. The van der Waals surface area contributed by atoms with Gasteiger partial charge in [0.15, 0.2) is 5.13 Å². The first-order chi connectivity index (χ1) is 10.1. The van der Waals surface area contributed by atoms with Crippen molar-refractivity contribution in [1.82, 2.24) is 10.3 Å². The van der Waals surface area contributed by atoms with E-state index < -0.39 is 0 Å². The topological polar surface area (TPSA) is 54.0 Å². The molecule has 1 aromatic heterocycles. The standard InChI is InChI=1S/C15H16BrN3OS.ClH/c1-9-13(10-2-4-12(16)5-3-10)18-15(21-9)19-14(20)11-6-7-17-8-11;/h2-5,11,17H,6-8H2,1H3,(H,18,19,20);1H. The van der Waals surface area contributed by atoms with Crippen LogP contribution in [-0.4, -0.2) is 24.0 Å². The molecule has 1 aliphatic heterocycles. The number of halogens is 2. The maximum atomic E-state index is 12.1. The van der Waals surface area contributed by atoms with Crippen LogP contribution in [0.5, 0.6) is 0 Å². The van der Waals surface area contributed by atoms with Crippen molar-refractivity contribution in [3.05, 3.63) is 33.6 Å². The Morgan fingerprint density at radius 1 is 1.41 bits per heavy atom. The Balaban J connectivity index is 0.00000176. The summed E-state index contributed by atoms with van der Waals surface area (Å²) >= 11 is 4.96. The lowest BCUT2D eigenvalue weighted by Gasteiger charge is -2.06. The van der Waals surface area contributed by atoms with E-state index in [9.17, 15) is 4.79 Å². The van der Waals surface area contributed by atoms with Gasteiger partial charge in [-0.1, -0.05) is 28.1 Å². The molecule has 4 nitrogen and oxygen atoms in total. The summed E-state index contributed by atoms with van der Waals surface area (Å²) in [7, 11) is 0. The maximum Gasteiger partial charge on any atom is 0.230 e. The van der Waals surface area contributed by atoms with Crippen molar-refractivity contribution < 1.29 is 4.79 Å². The summed E-state index contributed by atoms with van der Waals surface area (Å²) in [6.45, 7) is 3.71. The van der Waals surface area contributed by atoms with Crippen LogP contribution in [-0.2, 0) is 4.79 Å². The van der Waals surface area contributed by atoms with Crippen molar-refractivity contribution in [1.29, 1.82) is 0 Å². The van der Waals surface area contributed by atoms with Gasteiger partial charge >= 0.3 is 0 Å². The number of nitrogens with zero attached hydrogens (tertiary/aromatic N) is 1. The molecular formula is C15H17BrClN3OS. The fourth-order valence-corrected chi connectivity index (χ4v) is 3.51. The van der Waals surface area contributed by atoms with Gasteiger partial charge in [0.05, 0.1) is 11.6 Å². The number of thiazole rings is 1. The van der Waals surface area contributed by atoms with Gasteiger partial charge in [0.2, 0.25) is 5.91 Å². The predicted octanol–water partition coefficient (Wildman–Crippen LogP) is 3.85. The van der Waals surface area contributed by atoms with Crippen LogP contribution in [0.2, 0.25) is 0 Å². The molecule has 22 heavy (non-hydrogen) atoms. The van der Waals surface area contributed by atoms with Gasteiger partial charge in [-0.05, 0) is 32.0 Å². The minimum Gasteiger partial charge on any atom is -0.316 e. The van der Waals surface area contributed by atoms with E-state index in [0.29, 0.717) is 5.13 Å². The van der Waals surface area contributed by atoms with Crippen molar-refractivity contribution in [3.63, 3.8) is 0 Å². The van der Waals surface area contributed by atoms with Crippen molar-refractivity contribution in [2.45, 2.75) is 13.3 Å². The summed E-state index contributed by atoms with van der Waals surface area (Å²) in [6, 6.07) is 8.05. The smallest absolute Gasteiger partial charge is 0.230 e. The first-order valence-electron chi connectivity index (χ1n) is 6.88. The molecule has 7 heteroatoms. The highest BCUT2D eigenvalue weighted by molar-refractivity contribution is 9.10. The third kappa shape index (κ3) is 3.87. The molecule has 1 amide bonds. The number of hydrogen-bond donors (Lipinski definition) is 2. The fraction of sp³-hybridized carbons (Fsp3) is 0.333. The maximum absolute atomic E-state index is 12.1. The summed E-state index contributed by atoms with van der Waals surface area (Å²) in [6.07, 6.45) is 0.899. The molecule has 1 fully saturated rings. The Hall–Kier alpha value is -0.950. The number of anilines is 1. The van der Waals surface area contributed by atoms with Crippen LogP contribution < -0.4 is 10.6 Å². The SMILES string of the molecule is Cc1sc(NC(=O)C2CCNC2)nc1-c1ccc(Br)cc1.Cl. The highest BCUT2D eigenvalue weighted by atomic mass is 79.9. The molecule has 1 aliphatic rings. The van der Waals surface area contributed by atoms with Crippen LogP contribution in [0.3, 0.4) is 0 Å². The molecule has 0 saturated carbocycles. The van der Waals surface area contributed by atoms with Crippen molar-refractivity contribution in [3.8, 4) is 11.3 Å². The van der Waals surface area contributed by atoms with E-state index in [4.69, 9.17) is 0 Å². The quantitative estimate of drug-likeness (QED) is 0.820. The van der Waals surface area contributed by atoms with Gasteiger partial charge in [0.25, 0.3) is 0 Å². The van der Waals surface area contributed by atoms with Crippen LogP contribution in [0.15, 0.2) is 28.7 Å². The van der Waals surface area contributed by atoms with Gasteiger partial charge in [-0.2, -0.15) is 0 Å². The van der Waals surface area contributed by atoms with Crippen molar-refractivity contribution >= 4 is 50.7 Å². The Kier molecular flexibility index (Phi) is 5.97. The fourth-order valence-electron chi connectivity index (χ4n) is 2.41. The molecule has 3 rings (SSSR count). The molecule has 2 aromatic rings. The van der Waals surface area contributed by atoms with Crippen LogP contribution in [0.25, 0.3) is 11.3 Å². The average molecular weight is 403 g/mol. The minimum atomic E-state index is 0. The van der Waals surface area contributed by atoms with Gasteiger partial charge in [0.1, 0.15) is 0 Å². The highest BCUT2D eigenvalue weighted by Crippen LogP contribution is 2.31. The Labute approximate surface area is 148 Å². The molecular weight excluding hydrogens is 386 g/mol. The molecule has 0 aliphatic carbocycles. The molecule has 1 saturated heterocycles. The van der Waals surface area contributed by atoms with Crippen LogP contribution in [0.4, 0.5) is 5.13 Å². The summed E-state index contributed by atoms with van der Waals surface area (Å²) in [5, 5.41) is 6.83. The van der Waals surface area contributed by atoms with Crippen LogP contribution in [0, 0.1) is 12.8 Å². The zero-order valence-corrected chi connectivity index (χ0v) is 15.3. The lowest BCUT2D eigenvalue weighted by atomic mass is 10.1. The van der Waals surface area contributed by atoms with E-state index >= 15 is 0 Å². The number of carbonyl (C=O) groups is 1. The molecule has 2 heterocycles. The molecule has 0 bridgehead atoms. The second-order valence-electron chi connectivity index (χ2n) is 5.11. The largest absolute Gasteiger partial charge is 0.316 e. The van der Waals surface area contributed by atoms with E-state index in [2.05, 4.69) is 31.5 Å². The molecule has 0 spiro atoms. The summed E-state index contributed by atoms with van der Waals surface area (Å²) in [4.78, 5) is 17.8. The number of aryl methyl sites for hydroxylation is 1. The first kappa shape index (κ1) is 17.4. The third-order valence-electron chi connectivity index (χ3n) is 3.58. The normalized spacial score (nSPS) is 17.1. The number of carbonyl (C=O) groups excluding carboxylic acids is 1. The van der Waals surface area contributed by atoms with Crippen LogP contribution >= 0.6 is 39.7 Å². The molecule has 118 valence electrons. The average Bonchev–Trinajstić information content (AvgIpc) is 3.10. The van der Waals surface area contributed by atoms with Gasteiger partial charge < -0.3 is 10.6 Å². The second-order valence-corrected chi connectivity index (χ2v) is 7.23. The Bertz CT molecular complexity index is 653. The predicted molar refractivity (Wildman–Crippen MR) is 96.8 cm³/mol. The number of hydrogen-bond acceptors (Lipinski definition) is 4. The van der Waals surface area contributed by atoms with Gasteiger partial charge in [-0.15, -0.1) is 23.7 Å². The Morgan fingerprint density at radius 2 is 2.14 bits per heavy atom. The first-order valence-corrected chi connectivity index (χ1v) is 8.49. The molecule has 1 aromatic carbocycles. The zero-order valence-electron chi connectivity index (χ0n) is 12.1. The van der Waals surface area contributed by atoms with E-state index in [1.165, 1.54) is 11.3 Å². The number of rotatable bonds is 3. The number of amides is 1. The number of benzene rings is 1. The zero-order chi connectivity index (χ0) is 14.8. The van der Waals surface area contributed by atoms with E-state index in [1.807, 2.05) is 31.2 Å². The molecule has 1 unspecified atom stereocenters. The molecule has 0 radical (unpaired) electrons.